The van der Waals surface area contributed by atoms with Crippen molar-refractivity contribution in [1.29, 1.82) is 0 Å². The van der Waals surface area contributed by atoms with E-state index in [1.165, 1.54) is 0 Å². The standard InChI is InChI=1S/C20H18BrN5O2/c1-12-18(24-25-26(12)15-6-4-5-13(21)11-15)20(28)23-17-8-3-2-7-16(17)19(27)22-14-9-10-14/h2-8,11,14H,9-10H2,1H3,(H,22,27)(H,23,28). The number of rotatable bonds is 5. The van der Waals surface area contributed by atoms with Gasteiger partial charge in [0.2, 0.25) is 0 Å². The predicted octanol–water partition coefficient (Wildman–Crippen LogP) is 3.48. The Hall–Kier alpha value is -3.00. The summed E-state index contributed by atoms with van der Waals surface area (Å²) in [5, 5.41) is 13.9. The molecule has 7 nitrogen and oxygen atoms in total. The van der Waals surface area contributed by atoms with Crippen LogP contribution in [0.25, 0.3) is 5.69 Å². The molecule has 2 amide bonds. The van der Waals surface area contributed by atoms with E-state index < -0.39 is 5.91 Å². The Morgan fingerprint density at radius 3 is 2.64 bits per heavy atom. The highest BCUT2D eigenvalue weighted by atomic mass is 79.9. The summed E-state index contributed by atoms with van der Waals surface area (Å²) < 4.78 is 2.51. The van der Waals surface area contributed by atoms with E-state index in [9.17, 15) is 9.59 Å². The van der Waals surface area contributed by atoms with Crippen molar-refractivity contribution >= 4 is 33.4 Å². The third kappa shape index (κ3) is 3.82. The molecule has 0 bridgehead atoms. The average molecular weight is 440 g/mol. The van der Waals surface area contributed by atoms with Gasteiger partial charge >= 0.3 is 0 Å². The molecule has 2 aromatic carbocycles. The van der Waals surface area contributed by atoms with Crippen LogP contribution in [0, 0.1) is 6.92 Å². The zero-order valence-corrected chi connectivity index (χ0v) is 16.7. The maximum atomic E-state index is 12.8. The summed E-state index contributed by atoms with van der Waals surface area (Å²) >= 11 is 3.43. The minimum atomic E-state index is -0.412. The third-order valence-corrected chi connectivity index (χ3v) is 4.99. The van der Waals surface area contributed by atoms with Gasteiger partial charge in [-0.05, 0) is 50.1 Å². The smallest absolute Gasteiger partial charge is 0.278 e. The van der Waals surface area contributed by atoms with Crippen molar-refractivity contribution in [2.75, 3.05) is 5.32 Å². The lowest BCUT2D eigenvalue weighted by atomic mass is 10.1. The molecule has 1 aliphatic rings. The first-order valence-corrected chi connectivity index (χ1v) is 9.71. The number of benzene rings is 2. The molecule has 0 unspecified atom stereocenters. The lowest BCUT2D eigenvalue weighted by molar-refractivity contribution is 0.0952. The Bertz CT molecular complexity index is 1060. The summed E-state index contributed by atoms with van der Waals surface area (Å²) in [5.41, 5.74) is 2.48. The molecule has 28 heavy (non-hydrogen) atoms. The summed E-state index contributed by atoms with van der Waals surface area (Å²) in [6, 6.07) is 14.7. The zero-order valence-electron chi connectivity index (χ0n) is 15.1. The van der Waals surface area contributed by atoms with Crippen LogP contribution in [-0.4, -0.2) is 32.9 Å². The molecule has 1 aliphatic carbocycles. The number of halogens is 1. The number of carbonyl (C=O) groups excluding carboxylic acids is 2. The maximum Gasteiger partial charge on any atom is 0.278 e. The van der Waals surface area contributed by atoms with Gasteiger partial charge in [-0.1, -0.05) is 39.3 Å². The van der Waals surface area contributed by atoms with Crippen LogP contribution >= 0.6 is 15.9 Å². The molecule has 0 aliphatic heterocycles. The number of amides is 2. The molecule has 3 aromatic rings. The van der Waals surface area contributed by atoms with Crippen molar-refractivity contribution in [2.45, 2.75) is 25.8 Å². The van der Waals surface area contributed by atoms with Crippen molar-refractivity contribution in [1.82, 2.24) is 20.3 Å². The van der Waals surface area contributed by atoms with Crippen LogP contribution in [0.15, 0.2) is 53.0 Å². The van der Waals surface area contributed by atoms with Crippen LogP contribution in [0.1, 0.15) is 39.4 Å². The second kappa shape index (κ2) is 7.55. The van der Waals surface area contributed by atoms with Gasteiger partial charge in [0.1, 0.15) is 0 Å². The molecule has 2 N–H and O–H groups in total. The van der Waals surface area contributed by atoms with Crippen LogP contribution in [-0.2, 0) is 0 Å². The van der Waals surface area contributed by atoms with Gasteiger partial charge in [-0.25, -0.2) is 4.68 Å². The van der Waals surface area contributed by atoms with Gasteiger partial charge in [-0.2, -0.15) is 0 Å². The van der Waals surface area contributed by atoms with E-state index in [0.29, 0.717) is 16.9 Å². The fraction of sp³-hybridized carbons (Fsp3) is 0.200. The number of para-hydroxylation sites is 1. The fourth-order valence-corrected chi connectivity index (χ4v) is 3.24. The number of aromatic nitrogens is 3. The van der Waals surface area contributed by atoms with Gasteiger partial charge in [0.15, 0.2) is 5.69 Å². The van der Waals surface area contributed by atoms with E-state index in [1.807, 2.05) is 24.3 Å². The van der Waals surface area contributed by atoms with Gasteiger partial charge in [0.25, 0.3) is 11.8 Å². The molecule has 0 spiro atoms. The molecule has 8 heteroatoms. The van der Waals surface area contributed by atoms with Gasteiger partial charge in [-0.3, -0.25) is 9.59 Å². The van der Waals surface area contributed by atoms with Gasteiger partial charge in [0.05, 0.1) is 22.6 Å². The Morgan fingerprint density at radius 2 is 1.89 bits per heavy atom. The van der Waals surface area contributed by atoms with Crippen molar-refractivity contribution < 1.29 is 9.59 Å². The van der Waals surface area contributed by atoms with Crippen LogP contribution in [0.5, 0.6) is 0 Å². The number of carbonyl (C=O) groups is 2. The topological polar surface area (TPSA) is 88.9 Å². The molecule has 1 heterocycles. The van der Waals surface area contributed by atoms with Crippen molar-refractivity contribution in [3.63, 3.8) is 0 Å². The van der Waals surface area contributed by atoms with Crippen molar-refractivity contribution in [3.05, 3.63) is 70.0 Å². The van der Waals surface area contributed by atoms with Gasteiger partial charge in [-0.15, -0.1) is 5.10 Å². The highest BCUT2D eigenvalue weighted by molar-refractivity contribution is 9.10. The molecule has 0 saturated heterocycles. The highest BCUT2D eigenvalue weighted by Gasteiger charge is 2.25. The molecule has 142 valence electrons. The van der Waals surface area contributed by atoms with Crippen LogP contribution in [0.2, 0.25) is 0 Å². The Kier molecular flexibility index (Phi) is 4.95. The largest absolute Gasteiger partial charge is 0.349 e. The first kappa shape index (κ1) is 18.4. The van der Waals surface area contributed by atoms with Crippen molar-refractivity contribution in [3.8, 4) is 5.69 Å². The summed E-state index contributed by atoms with van der Waals surface area (Å²) in [5.74, 6) is -0.599. The highest BCUT2D eigenvalue weighted by Crippen LogP contribution is 2.22. The summed E-state index contributed by atoms with van der Waals surface area (Å²) in [7, 11) is 0. The Balaban J connectivity index is 1.57. The van der Waals surface area contributed by atoms with Crippen LogP contribution in [0.3, 0.4) is 0 Å². The lowest BCUT2D eigenvalue weighted by Gasteiger charge is -2.10. The molecular formula is C20H18BrN5O2. The molecule has 0 radical (unpaired) electrons. The molecule has 4 rings (SSSR count). The van der Waals surface area contributed by atoms with E-state index in [1.54, 1.807) is 35.9 Å². The number of nitrogens with zero attached hydrogens (tertiary/aromatic N) is 3. The van der Waals surface area contributed by atoms with Crippen molar-refractivity contribution in [2.24, 2.45) is 0 Å². The second-order valence-corrected chi connectivity index (χ2v) is 7.58. The number of hydrogen-bond acceptors (Lipinski definition) is 4. The molecule has 0 atom stereocenters. The first-order valence-electron chi connectivity index (χ1n) is 8.92. The van der Waals surface area contributed by atoms with Gasteiger partial charge in [0, 0.05) is 10.5 Å². The molecule has 1 saturated carbocycles. The van der Waals surface area contributed by atoms with Crippen LogP contribution in [0.4, 0.5) is 5.69 Å². The predicted molar refractivity (Wildman–Crippen MR) is 109 cm³/mol. The number of anilines is 1. The van der Waals surface area contributed by atoms with E-state index in [2.05, 4.69) is 36.9 Å². The Labute approximate surface area is 170 Å². The average Bonchev–Trinajstić information content (AvgIpc) is 3.40. The zero-order chi connectivity index (χ0) is 19.7. The fourth-order valence-electron chi connectivity index (χ4n) is 2.85. The summed E-state index contributed by atoms with van der Waals surface area (Å²) in [4.78, 5) is 25.2. The molecular weight excluding hydrogens is 422 g/mol. The monoisotopic (exact) mass is 439 g/mol. The molecule has 1 fully saturated rings. The normalized spacial score (nSPS) is 13.2. The molecule has 1 aromatic heterocycles. The van der Waals surface area contributed by atoms with E-state index in [0.717, 1.165) is 23.0 Å². The number of nitrogens with one attached hydrogen (secondary N) is 2. The quantitative estimate of drug-likeness (QED) is 0.636. The minimum absolute atomic E-state index is 0.187. The maximum absolute atomic E-state index is 12.8. The van der Waals surface area contributed by atoms with E-state index in [-0.39, 0.29) is 17.6 Å². The summed E-state index contributed by atoms with van der Waals surface area (Å²) in [6.07, 6.45) is 2.00. The third-order valence-electron chi connectivity index (χ3n) is 4.49. The number of hydrogen-bond donors (Lipinski definition) is 2. The van der Waals surface area contributed by atoms with E-state index in [4.69, 9.17) is 0 Å². The summed E-state index contributed by atoms with van der Waals surface area (Å²) in [6.45, 7) is 1.78. The first-order chi connectivity index (χ1) is 13.5. The van der Waals surface area contributed by atoms with E-state index >= 15 is 0 Å². The SMILES string of the molecule is Cc1c(C(=O)Nc2ccccc2C(=O)NC2CC2)nnn1-c1cccc(Br)c1. The minimum Gasteiger partial charge on any atom is -0.349 e. The van der Waals surface area contributed by atoms with Gasteiger partial charge < -0.3 is 10.6 Å². The second-order valence-electron chi connectivity index (χ2n) is 6.66. The lowest BCUT2D eigenvalue weighted by Crippen LogP contribution is -2.27. The Morgan fingerprint density at radius 1 is 1.11 bits per heavy atom. The van der Waals surface area contributed by atoms with Crippen LogP contribution < -0.4 is 10.6 Å².